The molecule has 0 aliphatic heterocycles. The van der Waals surface area contributed by atoms with E-state index >= 15 is 0 Å². The van der Waals surface area contributed by atoms with Crippen LogP contribution in [0.15, 0.2) is 102 Å². The van der Waals surface area contributed by atoms with Crippen LogP contribution in [-0.2, 0) is 0 Å². The van der Waals surface area contributed by atoms with Crippen molar-refractivity contribution < 1.29 is 0 Å². The fourth-order valence-electron chi connectivity index (χ4n) is 3.16. The van der Waals surface area contributed by atoms with Crippen LogP contribution in [0.25, 0.3) is 10.8 Å². The van der Waals surface area contributed by atoms with Crippen molar-refractivity contribution in [3.8, 4) is 6.07 Å². The number of aliphatic imine (C=N–C) groups is 1. The first-order valence-corrected chi connectivity index (χ1v) is 8.78. The normalized spacial score (nSPS) is 11.5. The third-order valence-corrected chi connectivity index (χ3v) is 4.47. The maximum atomic E-state index is 9.90. The highest BCUT2D eigenvalue weighted by Gasteiger charge is 2.16. The summed E-state index contributed by atoms with van der Waals surface area (Å²) in [4.78, 5) is 9.19. The molecule has 0 fully saturated rings. The number of nitrogens with zero attached hydrogens (tertiary/aromatic N) is 3. The number of nitriles is 1. The summed E-state index contributed by atoms with van der Waals surface area (Å²) in [5, 5.41) is 11.9. The van der Waals surface area contributed by atoms with Crippen molar-refractivity contribution in [2.75, 3.05) is 0 Å². The molecule has 1 heterocycles. The zero-order valence-electron chi connectivity index (χ0n) is 14.7. The van der Waals surface area contributed by atoms with Crippen molar-refractivity contribution in [1.82, 2.24) is 4.98 Å². The van der Waals surface area contributed by atoms with E-state index in [1.54, 1.807) is 6.20 Å². The van der Waals surface area contributed by atoms with Gasteiger partial charge >= 0.3 is 0 Å². The van der Waals surface area contributed by atoms with Crippen molar-refractivity contribution in [3.63, 3.8) is 0 Å². The second-order valence-corrected chi connectivity index (χ2v) is 6.19. The highest BCUT2D eigenvalue weighted by molar-refractivity contribution is 6.13. The van der Waals surface area contributed by atoms with E-state index in [9.17, 15) is 5.26 Å². The number of aromatic nitrogens is 1. The Labute approximate surface area is 158 Å². The molecule has 0 N–H and O–H groups in total. The quantitative estimate of drug-likeness (QED) is 0.468. The number of fused-ring (bicyclic) bond motifs is 1. The van der Waals surface area contributed by atoms with Crippen LogP contribution in [0.1, 0.15) is 22.7 Å². The Balaban J connectivity index is 1.89. The van der Waals surface area contributed by atoms with Gasteiger partial charge in [0.05, 0.1) is 11.8 Å². The van der Waals surface area contributed by atoms with Crippen LogP contribution in [-0.4, -0.2) is 10.7 Å². The number of benzene rings is 3. The van der Waals surface area contributed by atoms with Gasteiger partial charge in [0.25, 0.3) is 0 Å². The maximum absolute atomic E-state index is 9.90. The van der Waals surface area contributed by atoms with E-state index in [0.29, 0.717) is 0 Å². The average Bonchev–Trinajstić information content (AvgIpc) is 2.76. The molecule has 0 radical (unpaired) electrons. The Morgan fingerprint density at radius 2 is 1.37 bits per heavy atom. The van der Waals surface area contributed by atoms with Gasteiger partial charge in [0, 0.05) is 34.5 Å². The minimum absolute atomic E-state index is 0.640. The van der Waals surface area contributed by atoms with Crippen LogP contribution in [0.3, 0.4) is 0 Å². The van der Waals surface area contributed by atoms with Crippen LogP contribution in [0.4, 0.5) is 0 Å². The third-order valence-electron chi connectivity index (χ3n) is 4.47. The minimum Gasteiger partial charge on any atom is -0.264 e. The van der Waals surface area contributed by atoms with Crippen LogP contribution < -0.4 is 0 Å². The Morgan fingerprint density at radius 3 is 2.00 bits per heavy atom. The summed E-state index contributed by atoms with van der Waals surface area (Å²) in [6, 6.07) is 29.6. The topological polar surface area (TPSA) is 49.0 Å². The predicted octanol–water partition coefficient (Wildman–Crippen LogP) is 5.34. The first-order chi connectivity index (χ1) is 13.4. The van der Waals surface area contributed by atoms with Gasteiger partial charge in [0.2, 0.25) is 0 Å². The summed E-state index contributed by atoms with van der Waals surface area (Å²) in [5.74, 6) is 0. The van der Waals surface area contributed by atoms with Gasteiger partial charge in [0.15, 0.2) is 6.04 Å². The van der Waals surface area contributed by atoms with E-state index in [1.165, 1.54) is 0 Å². The molecule has 1 atom stereocenters. The molecule has 0 amide bonds. The standard InChI is InChI=1S/C24H17N3/c25-15-23(22-17-26-16-20-13-7-8-14-21(20)22)27-24(18-9-3-1-4-10-18)19-11-5-2-6-12-19/h1-14,16-17,23H. The molecule has 4 rings (SSSR count). The van der Waals surface area contributed by atoms with Crippen molar-refractivity contribution in [2.24, 2.45) is 4.99 Å². The maximum Gasteiger partial charge on any atom is 0.164 e. The van der Waals surface area contributed by atoms with E-state index in [-0.39, 0.29) is 0 Å². The molecular weight excluding hydrogens is 330 g/mol. The number of hydrogen-bond acceptors (Lipinski definition) is 3. The SMILES string of the molecule is N#CC(N=C(c1ccccc1)c1ccccc1)c1cncc2ccccc12. The summed E-state index contributed by atoms with van der Waals surface area (Å²) in [7, 11) is 0. The van der Waals surface area contributed by atoms with Crippen LogP contribution in [0.5, 0.6) is 0 Å². The van der Waals surface area contributed by atoms with Gasteiger partial charge in [-0.1, -0.05) is 84.9 Å². The lowest BCUT2D eigenvalue weighted by Gasteiger charge is -2.12. The minimum atomic E-state index is -0.640. The van der Waals surface area contributed by atoms with Gasteiger partial charge in [-0.05, 0) is 5.39 Å². The Hall–Kier alpha value is -3.77. The molecule has 1 unspecified atom stereocenters. The summed E-state index contributed by atoms with van der Waals surface area (Å²) in [6.07, 6.45) is 3.56. The van der Waals surface area contributed by atoms with E-state index in [0.717, 1.165) is 33.2 Å². The monoisotopic (exact) mass is 347 g/mol. The summed E-state index contributed by atoms with van der Waals surface area (Å²) < 4.78 is 0. The van der Waals surface area contributed by atoms with Gasteiger partial charge in [-0.25, -0.2) is 0 Å². The Bertz CT molecular complexity index is 1080. The van der Waals surface area contributed by atoms with Crippen molar-refractivity contribution in [2.45, 2.75) is 6.04 Å². The molecule has 0 spiro atoms. The second-order valence-electron chi connectivity index (χ2n) is 6.19. The highest BCUT2D eigenvalue weighted by atomic mass is 14.8. The Morgan fingerprint density at radius 1 is 0.778 bits per heavy atom. The third kappa shape index (κ3) is 3.47. The first kappa shape index (κ1) is 16.7. The smallest absolute Gasteiger partial charge is 0.164 e. The molecule has 1 aromatic heterocycles. The van der Waals surface area contributed by atoms with E-state index in [1.807, 2.05) is 91.1 Å². The van der Waals surface area contributed by atoms with E-state index in [4.69, 9.17) is 4.99 Å². The average molecular weight is 347 g/mol. The van der Waals surface area contributed by atoms with E-state index in [2.05, 4.69) is 11.1 Å². The van der Waals surface area contributed by atoms with Gasteiger partial charge < -0.3 is 0 Å². The second kappa shape index (κ2) is 7.63. The number of pyridine rings is 1. The zero-order valence-corrected chi connectivity index (χ0v) is 14.7. The lowest BCUT2D eigenvalue weighted by atomic mass is 9.99. The lowest BCUT2D eigenvalue weighted by Crippen LogP contribution is -2.07. The van der Waals surface area contributed by atoms with Crippen molar-refractivity contribution in [1.29, 1.82) is 5.26 Å². The molecule has 0 saturated heterocycles. The summed E-state index contributed by atoms with van der Waals surface area (Å²) >= 11 is 0. The van der Waals surface area contributed by atoms with Gasteiger partial charge in [0.1, 0.15) is 0 Å². The zero-order chi connectivity index (χ0) is 18.5. The predicted molar refractivity (Wildman–Crippen MR) is 109 cm³/mol. The summed E-state index contributed by atoms with van der Waals surface area (Å²) in [6.45, 7) is 0. The first-order valence-electron chi connectivity index (χ1n) is 8.78. The van der Waals surface area contributed by atoms with Gasteiger partial charge in [-0.3, -0.25) is 9.98 Å². The largest absolute Gasteiger partial charge is 0.264 e. The van der Waals surface area contributed by atoms with Crippen LogP contribution in [0, 0.1) is 11.3 Å². The number of hydrogen-bond donors (Lipinski definition) is 0. The molecule has 4 aromatic rings. The van der Waals surface area contributed by atoms with E-state index < -0.39 is 6.04 Å². The van der Waals surface area contributed by atoms with Crippen molar-refractivity contribution in [3.05, 3.63) is 114 Å². The molecule has 0 aliphatic rings. The fourth-order valence-corrected chi connectivity index (χ4v) is 3.16. The van der Waals surface area contributed by atoms with Crippen LogP contribution >= 0.6 is 0 Å². The molecular formula is C24H17N3. The summed E-state index contributed by atoms with van der Waals surface area (Å²) in [5.41, 5.74) is 3.59. The van der Waals surface area contributed by atoms with Gasteiger partial charge in [-0.2, -0.15) is 5.26 Å². The molecule has 0 saturated carbocycles. The van der Waals surface area contributed by atoms with Crippen LogP contribution in [0.2, 0.25) is 0 Å². The van der Waals surface area contributed by atoms with Crippen molar-refractivity contribution >= 4 is 16.5 Å². The molecule has 3 heteroatoms. The molecule has 27 heavy (non-hydrogen) atoms. The molecule has 3 aromatic carbocycles. The Kier molecular flexibility index (Phi) is 4.72. The number of rotatable bonds is 4. The molecule has 128 valence electrons. The lowest BCUT2D eigenvalue weighted by molar-refractivity contribution is 0.928. The fraction of sp³-hybridized carbons (Fsp3) is 0.0417. The molecule has 0 aliphatic carbocycles. The molecule has 3 nitrogen and oxygen atoms in total. The van der Waals surface area contributed by atoms with Gasteiger partial charge in [-0.15, -0.1) is 0 Å². The highest BCUT2D eigenvalue weighted by Crippen LogP contribution is 2.27. The molecule has 0 bridgehead atoms.